The second kappa shape index (κ2) is 5.43. The topological polar surface area (TPSA) is 158 Å². The predicted molar refractivity (Wildman–Crippen MR) is 91.4 cm³/mol. The summed E-state index contributed by atoms with van der Waals surface area (Å²) in [6.07, 6.45) is 0.142. The maximum Gasteiger partial charge on any atom is 0.255 e. The van der Waals surface area contributed by atoms with Crippen molar-refractivity contribution in [2.75, 3.05) is 0 Å². The lowest BCUT2D eigenvalue weighted by Crippen LogP contribution is -2.58. The smallest absolute Gasteiger partial charge is 0.255 e. The molecule has 3 atom stereocenters. The molecule has 1 aromatic rings. The third kappa shape index (κ3) is 2.10. The van der Waals surface area contributed by atoms with Gasteiger partial charge in [-0.25, -0.2) is 0 Å². The Morgan fingerprint density at radius 3 is 2.52 bits per heavy atom. The van der Waals surface area contributed by atoms with Crippen LogP contribution < -0.4 is 5.73 Å². The van der Waals surface area contributed by atoms with Crippen molar-refractivity contribution in [3.63, 3.8) is 0 Å². The number of aromatic hydroxyl groups is 1. The van der Waals surface area contributed by atoms with Gasteiger partial charge in [0.1, 0.15) is 22.8 Å². The number of Topliss-reactive ketones (excluding diaryl/α,β-unsaturated/α-hetero) is 2. The molecular formula is C19H17NO7. The molecule has 8 nitrogen and oxygen atoms in total. The highest BCUT2D eigenvalue weighted by atomic mass is 16.3. The van der Waals surface area contributed by atoms with Gasteiger partial charge in [-0.05, 0) is 30.4 Å². The average Bonchev–Trinajstić information content (AvgIpc) is 2.57. The van der Waals surface area contributed by atoms with E-state index in [1.54, 1.807) is 12.1 Å². The molecule has 0 spiro atoms. The highest BCUT2D eigenvalue weighted by Gasteiger charge is 2.60. The Bertz CT molecular complexity index is 990. The number of carbonyl (C=O) groups is 3. The van der Waals surface area contributed by atoms with Gasteiger partial charge >= 0.3 is 0 Å². The van der Waals surface area contributed by atoms with Crippen molar-refractivity contribution in [2.45, 2.75) is 24.9 Å². The number of phenols is 1. The summed E-state index contributed by atoms with van der Waals surface area (Å²) < 4.78 is 0. The molecule has 3 aliphatic carbocycles. The van der Waals surface area contributed by atoms with Crippen LogP contribution in [0.1, 0.15) is 24.0 Å². The lowest BCUT2D eigenvalue weighted by Gasteiger charge is -2.46. The van der Waals surface area contributed by atoms with Crippen molar-refractivity contribution in [3.8, 4) is 5.75 Å². The van der Waals surface area contributed by atoms with Gasteiger partial charge in [-0.1, -0.05) is 12.1 Å². The van der Waals surface area contributed by atoms with E-state index in [0.717, 1.165) is 0 Å². The molecule has 140 valence electrons. The molecule has 27 heavy (non-hydrogen) atoms. The minimum atomic E-state index is -2.51. The molecule has 0 aliphatic heterocycles. The van der Waals surface area contributed by atoms with Crippen LogP contribution in [0.5, 0.6) is 5.75 Å². The first kappa shape index (κ1) is 17.3. The Morgan fingerprint density at radius 2 is 1.85 bits per heavy atom. The molecule has 8 heteroatoms. The molecule has 1 aromatic carbocycles. The molecule has 0 aromatic heterocycles. The number of carbonyl (C=O) groups excluding carboxylic acids is 3. The number of amides is 1. The van der Waals surface area contributed by atoms with E-state index in [-0.39, 0.29) is 29.7 Å². The number of ketones is 2. The van der Waals surface area contributed by atoms with E-state index in [0.29, 0.717) is 12.0 Å². The van der Waals surface area contributed by atoms with Crippen LogP contribution in [0.4, 0.5) is 0 Å². The van der Waals surface area contributed by atoms with Crippen LogP contribution in [0.3, 0.4) is 0 Å². The van der Waals surface area contributed by atoms with Crippen molar-refractivity contribution in [1.82, 2.24) is 0 Å². The van der Waals surface area contributed by atoms with Gasteiger partial charge in [-0.3, -0.25) is 14.4 Å². The minimum absolute atomic E-state index is 0.102. The van der Waals surface area contributed by atoms with Gasteiger partial charge in [0, 0.05) is 17.9 Å². The third-order valence-corrected chi connectivity index (χ3v) is 5.80. The van der Waals surface area contributed by atoms with Gasteiger partial charge in [-0.15, -0.1) is 0 Å². The molecule has 0 saturated heterocycles. The summed E-state index contributed by atoms with van der Waals surface area (Å²) in [7, 11) is 0. The van der Waals surface area contributed by atoms with E-state index >= 15 is 0 Å². The Balaban J connectivity index is 1.93. The van der Waals surface area contributed by atoms with E-state index in [2.05, 4.69) is 0 Å². The van der Waals surface area contributed by atoms with Gasteiger partial charge in [0.2, 0.25) is 5.78 Å². The molecule has 6 N–H and O–H groups in total. The number of aliphatic hydroxyl groups excluding tert-OH is 2. The SMILES string of the molecule is NC(=O)C1=C(O)[C@]2(O)C(=O)C3=C(O)c4c(O)cccc4C[C@H]3C[C@H]2CC1=O. The fourth-order valence-electron chi connectivity index (χ4n) is 4.56. The third-order valence-electron chi connectivity index (χ3n) is 5.80. The number of fused-ring (bicyclic) bond motifs is 3. The summed E-state index contributed by atoms with van der Waals surface area (Å²) in [6.45, 7) is 0. The number of rotatable bonds is 1. The molecule has 1 saturated carbocycles. The largest absolute Gasteiger partial charge is 0.508 e. The molecule has 1 amide bonds. The first-order valence-corrected chi connectivity index (χ1v) is 8.46. The molecule has 0 radical (unpaired) electrons. The van der Waals surface area contributed by atoms with E-state index in [1.165, 1.54) is 6.07 Å². The summed E-state index contributed by atoms with van der Waals surface area (Å²) >= 11 is 0. The molecule has 4 rings (SSSR count). The van der Waals surface area contributed by atoms with Gasteiger partial charge in [0.05, 0.1) is 5.56 Å². The fraction of sp³-hybridized carbons (Fsp3) is 0.316. The Hall–Kier alpha value is -3.13. The summed E-state index contributed by atoms with van der Waals surface area (Å²) in [5.74, 6) is -6.14. The number of benzene rings is 1. The highest BCUT2D eigenvalue weighted by Crippen LogP contribution is 2.51. The van der Waals surface area contributed by atoms with E-state index in [4.69, 9.17) is 5.73 Å². The quantitative estimate of drug-likeness (QED) is 0.448. The van der Waals surface area contributed by atoms with Crippen LogP contribution in [-0.4, -0.2) is 43.5 Å². The van der Waals surface area contributed by atoms with Crippen LogP contribution in [0.15, 0.2) is 35.1 Å². The first-order valence-electron chi connectivity index (χ1n) is 8.46. The van der Waals surface area contributed by atoms with E-state index < -0.39 is 52.0 Å². The van der Waals surface area contributed by atoms with Gasteiger partial charge in [-0.2, -0.15) is 0 Å². The molecule has 1 fully saturated rings. The van der Waals surface area contributed by atoms with Crippen molar-refractivity contribution in [1.29, 1.82) is 0 Å². The monoisotopic (exact) mass is 371 g/mol. The Morgan fingerprint density at radius 1 is 1.15 bits per heavy atom. The second-order valence-corrected chi connectivity index (χ2v) is 7.22. The molecule has 0 heterocycles. The Kier molecular flexibility index (Phi) is 3.48. The Labute approximate surface area is 153 Å². The number of aliphatic hydroxyl groups is 3. The summed E-state index contributed by atoms with van der Waals surface area (Å²) in [5, 5.41) is 42.1. The standard InChI is InChI=1S/C19H17NO7/c20-18(26)14-11(22)6-9-5-8-4-7-2-1-3-10(21)12(7)15(23)13(8)16(24)19(9,27)17(14)25/h1-3,8-9,21,23,25,27H,4-6H2,(H2,20,26)/t8-,9-,19+/m0/s1. The molecule has 3 aliphatic rings. The zero-order valence-electron chi connectivity index (χ0n) is 14.1. The second-order valence-electron chi connectivity index (χ2n) is 7.22. The fourth-order valence-corrected chi connectivity index (χ4v) is 4.56. The van der Waals surface area contributed by atoms with Crippen LogP contribution in [0, 0.1) is 11.8 Å². The zero-order chi connectivity index (χ0) is 19.7. The van der Waals surface area contributed by atoms with Crippen LogP contribution in [0.25, 0.3) is 5.76 Å². The number of hydrogen-bond donors (Lipinski definition) is 5. The predicted octanol–water partition coefficient (Wildman–Crippen LogP) is 0.424. The molecular weight excluding hydrogens is 354 g/mol. The van der Waals surface area contributed by atoms with Crippen molar-refractivity contribution >= 4 is 23.2 Å². The number of primary amides is 1. The normalized spacial score (nSPS) is 30.0. The lowest BCUT2D eigenvalue weighted by molar-refractivity contribution is -0.147. The number of nitrogens with two attached hydrogens (primary N) is 1. The van der Waals surface area contributed by atoms with Gasteiger partial charge in [0.15, 0.2) is 11.4 Å². The maximum atomic E-state index is 13.1. The van der Waals surface area contributed by atoms with Crippen molar-refractivity contribution in [2.24, 2.45) is 17.6 Å². The van der Waals surface area contributed by atoms with Crippen LogP contribution in [0.2, 0.25) is 0 Å². The average molecular weight is 371 g/mol. The summed E-state index contributed by atoms with van der Waals surface area (Å²) in [4.78, 5) is 36.8. The van der Waals surface area contributed by atoms with E-state index in [9.17, 15) is 34.8 Å². The lowest BCUT2D eigenvalue weighted by atomic mass is 9.59. The first-order chi connectivity index (χ1) is 12.7. The molecule has 0 bridgehead atoms. The van der Waals surface area contributed by atoms with Gasteiger partial charge in [0.25, 0.3) is 5.91 Å². The van der Waals surface area contributed by atoms with Crippen LogP contribution in [-0.2, 0) is 20.8 Å². The summed E-state index contributed by atoms with van der Waals surface area (Å²) in [6, 6.07) is 4.69. The van der Waals surface area contributed by atoms with Crippen molar-refractivity contribution in [3.05, 3.63) is 46.2 Å². The molecule has 0 unspecified atom stereocenters. The van der Waals surface area contributed by atoms with Gasteiger partial charge < -0.3 is 26.2 Å². The summed E-state index contributed by atoms with van der Waals surface area (Å²) in [5.41, 5.74) is 2.42. The van der Waals surface area contributed by atoms with E-state index in [1.807, 2.05) is 0 Å². The minimum Gasteiger partial charge on any atom is -0.508 e. The zero-order valence-corrected chi connectivity index (χ0v) is 14.1. The van der Waals surface area contributed by atoms with Crippen LogP contribution >= 0.6 is 0 Å². The maximum absolute atomic E-state index is 13.1. The number of hydrogen-bond acceptors (Lipinski definition) is 7. The number of phenolic OH excluding ortho intramolecular Hbond substituents is 1. The van der Waals surface area contributed by atoms with Crippen molar-refractivity contribution < 1.29 is 34.8 Å². The highest BCUT2D eigenvalue weighted by molar-refractivity contribution is 6.22.